The molecule has 1 N–H and O–H groups in total. The van der Waals surface area contributed by atoms with Gasteiger partial charge in [-0.15, -0.1) is 0 Å². The number of halogens is 1. The molecule has 1 atom stereocenters. The van der Waals surface area contributed by atoms with Gasteiger partial charge in [0.1, 0.15) is 18.3 Å². The zero-order valence-corrected chi connectivity index (χ0v) is 26.4. The fourth-order valence-corrected chi connectivity index (χ4v) is 5.95. The first kappa shape index (κ1) is 31.4. The molecule has 3 aromatic carbocycles. The van der Waals surface area contributed by atoms with Crippen LogP contribution in [0, 0.1) is 3.57 Å². The van der Waals surface area contributed by atoms with Crippen LogP contribution in [0.25, 0.3) is 0 Å². The summed E-state index contributed by atoms with van der Waals surface area (Å²) in [5, 5.41) is 2.97. The van der Waals surface area contributed by atoms with Crippen molar-refractivity contribution in [1.29, 1.82) is 0 Å². The van der Waals surface area contributed by atoms with E-state index in [0.29, 0.717) is 17.9 Å². The summed E-state index contributed by atoms with van der Waals surface area (Å²) in [6.45, 7) is 7.09. The predicted octanol–water partition coefficient (Wildman–Crippen LogP) is 5.22. The summed E-state index contributed by atoms with van der Waals surface area (Å²) in [4.78, 5) is 29.0. The summed E-state index contributed by atoms with van der Waals surface area (Å²) < 4.78 is 34.9. The summed E-state index contributed by atoms with van der Waals surface area (Å²) in [7, 11) is -2.52. The van der Waals surface area contributed by atoms with Crippen LogP contribution in [0.4, 0.5) is 5.69 Å². The zero-order valence-electron chi connectivity index (χ0n) is 23.4. The number of nitrogens with zero attached hydrogens (tertiary/aromatic N) is 2. The molecule has 0 aliphatic rings. The molecule has 3 aromatic rings. The lowest BCUT2D eigenvalue weighted by Crippen LogP contribution is -2.55. The minimum Gasteiger partial charge on any atom is -0.497 e. The first-order valence-electron chi connectivity index (χ1n) is 12.9. The van der Waals surface area contributed by atoms with Crippen molar-refractivity contribution in [2.24, 2.45) is 0 Å². The van der Waals surface area contributed by atoms with Gasteiger partial charge in [-0.3, -0.25) is 13.9 Å². The van der Waals surface area contributed by atoms with Crippen LogP contribution < -0.4 is 14.4 Å². The first-order valence-corrected chi connectivity index (χ1v) is 15.5. The van der Waals surface area contributed by atoms with Gasteiger partial charge in [0, 0.05) is 15.7 Å². The number of sulfonamides is 1. The molecule has 0 spiro atoms. The molecule has 1 unspecified atom stereocenters. The van der Waals surface area contributed by atoms with E-state index in [1.54, 1.807) is 61.7 Å². The van der Waals surface area contributed by atoms with Crippen LogP contribution in [0.3, 0.4) is 0 Å². The van der Waals surface area contributed by atoms with Gasteiger partial charge < -0.3 is 15.0 Å². The highest BCUT2D eigenvalue weighted by Gasteiger charge is 2.34. The Hall–Kier alpha value is -3.12. The Morgan fingerprint density at radius 3 is 2.08 bits per heavy atom. The molecule has 0 fully saturated rings. The number of anilines is 1. The fourth-order valence-electron chi connectivity index (χ4n) is 4.16. The van der Waals surface area contributed by atoms with Crippen LogP contribution in [-0.2, 0) is 26.2 Å². The van der Waals surface area contributed by atoms with Crippen LogP contribution >= 0.6 is 22.6 Å². The van der Waals surface area contributed by atoms with Crippen molar-refractivity contribution in [2.75, 3.05) is 18.0 Å². The van der Waals surface area contributed by atoms with E-state index in [1.165, 1.54) is 17.0 Å². The number of carbonyl (C=O) groups is 2. The molecule has 0 saturated carbocycles. The maximum absolute atomic E-state index is 14.1. The van der Waals surface area contributed by atoms with Gasteiger partial charge in [-0.05, 0) is 104 Å². The Morgan fingerprint density at radius 1 is 0.950 bits per heavy atom. The molecular formula is C30H36IN3O5S. The largest absolute Gasteiger partial charge is 0.497 e. The Balaban J connectivity index is 2.05. The highest BCUT2D eigenvalue weighted by atomic mass is 127. The lowest BCUT2D eigenvalue weighted by molar-refractivity contribution is -0.141. The number of amides is 2. The second kappa shape index (κ2) is 13.5. The Bertz CT molecular complexity index is 1390. The topological polar surface area (TPSA) is 96.0 Å². The summed E-state index contributed by atoms with van der Waals surface area (Å²) in [6, 6.07) is 21.3. The number of carbonyl (C=O) groups excluding carboxylic acids is 2. The van der Waals surface area contributed by atoms with E-state index in [1.807, 2.05) is 39.8 Å². The molecule has 0 aliphatic heterocycles. The number of rotatable bonds is 11. The summed E-state index contributed by atoms with van der Waals surface area (Å²) >= 11 is 2.14. The van der Waals surface area contributed by atoms with E-state index in [-0.39, 0.29) is 17.3 Å². The average Bonchev–Trinajstić information content (AvgIpc) is 2.92. The molecule has 214 valence electrons. The Morgan fingerprint density at radius 2 is 1.55 bits per heavy atom. The third kappa shape index (κ3) is 8.20. The van der Waals surface area contributed by atoms with Crippen molar-refractivity contribution in [3.05, 3.63) is 88.0 Å². The second-order valence-electron chi connectivity index (χ2n) is 10.3. The molecule has 8 nitrogen and oxygen atoms in total. The molecule has 0 aliphatic carbocycles. The smallest absolute Gasteiger partial charge is 0.264 e. The van der Waals surface area contributed by atoms with Crippen LogP contribution in [0.2, 0.25) is 0 Å². The lowest BCUT2D eigenvalue weighted by atomic mass is 10.1. The third-order valence-corrected chi connectivity index (χ3v) is 8.63. The highest BCUT2D eigenvalue weighted by molar-refractivity contribution is 14.1. The number of hydrogen-bond acceptors (Lipinski definition) is 5. The van der Waals surface area contributed by atoms with Crippen molar-refractivity contribution < 1.29 is 22.7 Å². The predicted molar refractivity (Wildman–Crippen MR) is 166 cm³/mol. The third-order valence-electron chi connectivity index (χ3n) is 6.12. The van der Waals surface area contributed by atoms with E-state index in [2.05, 4.69) is 27.9 Å². The number of ether oxygens (including phenoxy) is 1. The number of hydrogen-bond donors (Lipinski definition) is 1. The van der Waals surface area contributed by atoms with Crippen LogP contribution in [0.5, 0.6) is 5.75 Å². The number of nitrogens with one attached hydrogen (secondary N) is 1. The molecule has 0 heterocycles. The van der Waals surface area contributed by atoms with Gasteiger partial charge in [-0.2, -0.15) is 0 Å². The SMILES string of the molecule is CCC(C(=O)NC(C)(C)C)N(Cc1ccc(OC)cc1)C(=O)CN(c1ccc(I)cc1)S(=O)(=O)c1ccccc1. The standard InChI is InChI=1S/C30H36IN3O5S/c1-6-27(29(36)32-30(2,3)4)33(20-22-12-18-25(39-5)19-13-22)28(35)21-34(24-16-14-23(31)15-17-24)40(37,38)26-10-8-7-9-11-26/h7-19,27H,6,20-21H2,1-5H3,(H,32,36). The van der Waals surface area contributed by atoms with Crippen molar-refractivity contribution in [2.45, 2.75) is 57.1 Å². The minimum atomic E-state index is -4.09. The Labute approximate surface area is 250 Å². The fraction of sp³-hybridized carbons (Fsp3) is 0.333. The van der Waals surface area contributed by atoms with E-state index < -0.39 is 34.1 Å². The van der Waals surface area contributed by atoms with E-state index in [9.17, 15) is 18.0 Å². The lowest BCUT2D eigenvalue weighted by Gasteiger charge is -2.34. The van der Waals surface area contributed by atoms with Crippen molar-refractivity contribution in [1.82, 2.24) is 10.2 Å². The normalized spacial score (nSPS) is 12.3. The average molecular weight is 678 g/mol. The minimum absolute atomic E-state index is 0.0700. The molecule has 10 heteroatoms. The highest BCUT2D eigenvalue weighted by Crippen LogP contribution is 2.26. The van der Waals surface area contributed by atoms with E-state index in [4.69, 9.17) is 4.74 Å². The molecular weight excluding hydrogens is 641 g/mol. The quantitative estimate of drug-likeness (QED) is 0.281. The van der Waals surface area contributed by atoms with Gasteiger partial charge in [0.15, 0.2) is 0 Å². The first-order chi connectivity index (χ1) is 18.9. The van der Waals surface area contributed by atoms with Gasteiger partial charge >= 0.3 is 0 Å². The van der Waals surface area contributed by atoms with Gasteiger partial charge in [-0.1, -0.05) is 37.3 Å². The van der Waals surface area contributed by atoms with Gasteiger partial charge in [0.25, 0.3) is 10.0 Å². The van der Waals surface area contributed by atoms with Crippen molar-refractivity contribution >= 4 is 50.1 Å². The molecule has 0 radical (unpaired) electrons. The van der Waals surface area contributed by atoms with Crippen molar-refractivity contribution in [3.8, 4) is 5.75 Å². The van der Waals surface area contributed by atoms with Gasteiger partial charge in [-0.25, -0.2) is 8.42 Å². The molecule has 0 saturated heterocycles. The Kier molecular flexibility index (Phi) is 10.6. The number of methoxy groups -OCH3 is 1. The van der Waals surface area contributed by atoms with Crippen LogP contribution in [0.15, 0.2) is 83.8 Å². The van der Waals surface area contributed by atoms with Crippen molar-refractivity contribution in [3.63, 3.8) is 0 Å². The molecule has 3 rings (SSSR count). The van der Waals surface area contributed by atoms with Gasteiger partial charge in [0.2, 0.25) is 11.8 Å². The molecule has 0 aromatic heterocycles. The van der Waals surface area contributed by atoms with Crippen LogP contribution in [0.1, 0.15) is 39.7 Å². The van der Waals surface area contributed by atoms with E-state index >= 15 is 0 Å². The van der Waals surface area contributed by atoms with E-state index in [0.717, 1.165) is 13.4 Å². The zero-order chi connectivity index (χ0) is 29.5. The van der Waals surface area contributed by atoms with Crippen LogP contribution in [-0.4, -0.2) is 50.4 Å². The number of benzene rings is 3. The maximum atomic E-state index is 14.1. The summed E-state index contributed by atoms with van der Waals surface area (Å²) in [5.74, 6) is -0.133. The second-order valence-corrected chi connectivity index (χ2v) is 13.4. The van der Waals surface area contributed by atoms with Gasteiger partial charge in [0.05, 0.1) is 17.7 Å². The molecule has 0 bridgehead atoms. The summed E-state index contributed by atoms with van der Waals surface area (Å²) in [6.07, 6.45) is 0.346. The summed E-state index contributed by atoms with van der Waals surface area (Å²) in [5.41, 5.74) is 0.625. The molecule has 40 heavy (non-hydrogen) atoms. The molecule has 2 amide bonds. The monoisotopic (exact) mass is 677 g/mol. The maximum Gasteiger partial charge on any atom is 0.264 e.